The molecular weight excluding hydrogens is 668 g/mol. The Hall–Kier alpha value is -0.0936. The van der Waals surface area contributed by atoms with Gasteiger partial charge in [-0.05, 0) is 0 Å². The van der Waals surface area contributed by atoms with Crippen molar-refractivity contribution >= 4 is 0 Å². The molecule has 1 aliphatic rings. The number of halogens is 23. The predicted octanol–water partition coefficient (Wildman–Crippen LogP) is 3.63. The predicted molar refractivity (Wildman–Crippen MR) is 63.8 cm³/mol. The van der Waals surface area contributed by atoms with Gasteiger partial charge in [-0.15, -0.1) is 0 Å². The van der Waals surface area contributed by atoms with Crippen molar-refractivity contribution in [1.82, 2.24) is 0 Å². The third-order valence-electron chi connectivity index (χ3n) is 4.43. The molecule has 0 aromatic carbocycles. The van der Waals surface area contributed by atoms with Crippen LogP contribution in [0.4, 0.5) is 101 Å². The Morgan fingerprint density at radius 2 is 0.744 bits per heavy atom. The van der Waals surface area contributed by atoms with Gasteiger partial charge in [0.1, 0.15) is 0 Å². The Morgan fingerprint density at radius 1 is 0.462 bits per heavy atom. The molecule has 0 aliphatic carbocycles. The molecule has 39 heavy (non-hydrogen) atoms. The van der Waals surface area contributed by atoms with Crippen LogP contribution in [0.3, 0.4) is 0 Å². The van der Waals surface area contributed by atoms with Crippen molar-refractivity contribution in [3.05, 3.63) is 0 Å². The molecule has 0 aromatic heterocycles. The van der Waals surface area contributed by atoms with E-state index in [-0.39, 0.29) is 52.8 Å². The second-order valence-corrected chi connectivity index (χ2v) is 6.92. The van der Waals surface area contributed by atoms with E-state index in [0.29, 0.717) is 0 Å². The van der Waals surface area contributed by atoms with E-state index in [2.05, 4.69) is 0 Å². The second-order valence-electron chi connectivity index (χ2n) is 6.92. The van der Waals surface area contributed by atoms with Gasteiger partial charge in [-0.25, -0.2) is 0 Å². The van der Waals surface area contributed by atoms with Crippen molar-refractivity contribution < 1.29 is 168 Å². The van der Waals surface area contributed by atoms with Crippen LogP contribution in [-0.4, -0.2) is 76.9 Å². The van der Waals surface area contributed by atoms with Crippen LogP contribution < -0.4 is 51.4 Å². The fourth-order valence-corrected chi connectivity index (χ4v) is 2.37. The SMILES string of the molecule is OC(F)(F)C1(C(F)(F)C(F)(F)C(F)(F)C(F)(F)F)OC(F)(F)C(F)(C(F)(F)C(F)(F)C(F)(F)C(F)(F)F)O1.[H-].[K+]. The molecule has 27 heteroatoms. The summed E-state index contributed by atoms with van der Waals surface area (Å²) in [6, 6.07) is 0. The summed E-state index contributed by atoms with van der Waals surface area (Å²) in [4.78, 5) is 0. The first kappa shape index (κ1) is 38.9. The zero-order valence-corrected chi connectivity index (χ0v) is 20.1. The van der Waals surface area contributed by atoms with Gasteiger partial charge in [0.05, 0.1) is 0 Å². The van der Waals surface area contributed by atoms with Gasteiger partial charge in [-0.2, -0.15) is 101 Å². The summed E-state index contributed by atoms with van der Waals surface area (Å²) in [5.74, 6) is -68.9. The quantitative estimate of drug-likeness (QED) is 0.333. The van der Waals surface area contributed by atoms with Crippen molar-refractivity contribution in [1.29, 1.82) is 0 Å². The van der Waals surface area contributed by atoms with Crippen molar-refractivity contribution in [2.24, 2.45) is 0 Å². The Morgan fingerprint density at radius 3 is 1.00 bits per heavy atom. The largest absolute Gasteiger partial charge is 1.00 e. The summed E-state index contributed by atoms with van der Waals surface area (Å²) < 4.78 is 305. The fraction of sp³-hybridized carbons (Fsp3) is 1.00. The van der Waals surface area contributed by atoms with Crippen molar-refractivity contribution in [2.45, 2.75) is 71.7 Å². The molecule has 1 N–H and O–H groups in total. The summed E-state index contributed by atoms with van der Waals surface area (Å²) in [6.07, 6.45) is -32.1. The van der Waals surface area contributed by atoms with Crippen molar-refractivity contribution in [3.8, 4) is 0 Å². The van der Waals surface area contributed by atoms with E-state index >= 15 is 0 Å². The van der Waals surface area contributed by atoms with Gasteiger partial charge in [-0.3, -0.25) is 9.47 Å². The minimum atomic E-state index is -8.88. The van der Waals surface area contributed by atoms with Crippen LogP contribution in [0.5, 0.6) is 0 Å². The number of hydrogen-bond donors (Lipinski definition) is 1. The Balaban J connectivity index is 0. The van der Waals surface area contributed by atoms with E-state index < -0.39 is 71.7 Å². The Bertz CT molecular complexity index is 924. The van der Waals surface area contributed by atoms with Crippen molar-refractivity contribution in [2.75, 3.05) is 0 Å². The maximum Gasteiger partial charge on any atom is 1.00 e. The summed E-state index contributed by atoms with van der Waals surface area (Å²) in [6.45, 7) is 0. The van der Waals surface area contributed by atoms with Gasteiger partial charge in [0.25, 0.3) is 0 Å². The normalized spacial score (nSPS) is 26.5. The standard InChI is InChI=1S/C12HF23O3.K.H/c13-1(14,5(21,22)9(26,27)28)3(17,18)7(25)12(34,35)38-8(37-7,11(32,33)36)4(19,20)2(15,16)6(23,24)10(29,30)31;;/h36H;;/q;+1;-1. The number of rotatable bonds is 7. The van der Waals surface area contributed by atoms with E-state index in [4.69, 9.17) is 5.11 Å². The monoisotopic (exact) mass is 670 g/mol. The molecule has 3 nitrogen and oxygen atoms in total. The Kier molecular flexibility index (Phi) is 9.43. The molecular formula is C12H2F23KO3. The van der Waals surface area contributed by atoms with Crippen LogP contribution in [0.15, 0.2) is 0 Å². The molecule has 0 spiro atoms. The molecule has 0 bridgehead atoms. The molecule has 1 fully saturated rings. The van der Waals surface area contributed by atoms with Gasteiger partial charge in [0, 0.05) is 0 Å². The molecule has 2 unspecified atom stereocenters. The first-order valence-corrected chi connectivity index (χ1v) is 7.89. The number of ether oxygens (including phenoxy) is 2. The molecule has 0 saturated carbocycles. The molecule has 0 aromatic rings. The molecule has 1 aliphatic heterocycles. The molecule has 2 atom stereocenters. The number of alkyl halides is 23. The van der Waals surface area contributed by atoms with Crippen LogP contribution in [-0.2, 0) is 9.47 Å². The smallest absolute Gasteiger partial charge is 1.00 e. The van der Waals surface area contributed by atoms with E-state index in [0.717, 1.165) is 0 Å². The Labute approximate surface area is 239 Å². The number of aliphatic hydroxyl groups is 1. The summed E-state index contributed by atoms with van der Waals surface area (Å²) >= 11 is 0. The first-order chi connectivity index (χ1) is 15.9. The molecule has 0 amide bonds. The van der Waals surface area contributed by atoms with Gasteiger partial charge in [-0.1, -0.05) is 0 Å². The fourth-order valence-electron chi connectivity index (χ4n) is 2.37. The van der Waals surface area contributed by atoms with Crippen molar-refractivity contribution in [3.63, 3.8) is 0 Å². The molecule has 1 saturated heterocycles. The van der Waals surface area contributed by atoms with Crippen LogP contribution in [0.1, 0.15) is 1.43 Å². The zero-order valence-electron chi connectivity index (χ0n) is 18.0. The summed E-state index contributed by atoms with van der Waals surface area (Å²) in [5.41, 5.74) is 0. The van der Waals surface area contributed by atoms with Gasteiger partial charge < -0.3 is 6.53 Å². The maximum absolute atomic E-state index is 14.3. The molecule has 230 valence electrons. The van der Waals surface area contributed by atoms with Gasteiger partial charge in [0.15, 0.2) is 0 Å². The topological polar surface area (TPSA) is 38.7 Å². The molecule has 1 rings (SSSR count). The summed E-state index contributed by atoms with van der Waals surface area (Å²) in [7, 11) is 0. The third-order valence-corrected chi connectivity index (χ3v) is 4.43. The minimum absolute atomic E-state index is 0. The van der Waals surface area contributed by atoms with Gasteiger partial charge >= 0.3 is 123 Å². The second kappa shape index (κ2) is 9.45. The van der Waals surface area contributed by atoms with Crippen LogP contribution in [0.25, 0.3) is 0 Å². The molecule has 1 heterocycles. The minimum Gasteiger partial charge on any atom is -1.00 e. The van der Waals surface area contributed by atoms with E-state index in [1.165, 1.54) is 4.74 Å². The van der Waals surface area contributed by atoms with E-state index in [9.17, 15) is 101 Å². The average Bonchev–Trinajstić information content (AvgIpc) is 2.87. The molecule has 0 radical (unpaired) electrons. The maximum atomic E-state index is 14.3. The van der Waals surface area contributed by atoms with E-state index in [1.54, 1.807) is 4.74 Å². The third kappa shape index (κ3) is 4.71. The summed E-state index contributed by atoms with van der Waals surface area (Å²) in [5, 5.41) is 8.17. The van der Waals surface area contributed by atoms with Crippen LogP contribution >= 0.6 is 0 Å². The van der Waals surface area contributed by atoms with E-state index in [1.807, 2.05) is 0 Å². The first-order valence-electron chi connectivity index (χ1n) is 7.89. The average molecular weight is 670 g/mol. The van der Waals surface area contributed by atoms with Crippen LogP contribution in [0.2, 0.25) is 0 Å². The zero-order chi connectivity index (χ0) is 31.4. The number of hydrogen-bond acceptors (Lipinski definition) is 3. The van der Waals surface area contributed by atoms with Gasteiger partial charge in [0.2, 0.25) is 0 Å². The van der Waals surface area contributed by atoms with Crippen LogP contribution in [0, 0.1) is 0 Å².